The van der Waals surface area contributed by atoms with Crippen LogP contribution in [0.2, 0.25) is 10.0 Å². The number of nitrogens with zero attached hydrogens (tertiary/aromatic N) is 1. The highest BCUT2D eigenvalue weighted by Gasteiger charge is 2.32. The topological polar surface area (TPSA) is 94.9 Å². The maximum Gasteiger partial charge on any atom is 0.307 e. The van der Waals surface area contributed by atoms with E-state index in [1.54, 1.807) is 4.90 Å². The molecule has 3 unspecified atom stereocenters. The normalized spacial score (nSPS) is 13.5. The molecule has 0 fully saturated rings. The summed E-state index contributed by atoms with van der Waals surface area (Å²) in [6, 6.07) is 26.8. The number of halogens is 2. The fourth-order valence-corrected chi connectivity index (χ4v) is 5.70. The van der Waals surface area contributed by atoms with Crippen LogP contribution in [-0.2, 0) is 20.9 Å². The summed E-state index contributed by atoms with van der Waals surface area (Å²) >= 11 is 12.5. The number of aryl methyl sites for hydroxylation is 1. The summed E-state index contributed by atoms with van der Waals surface area (Å²) in [4.78, 5) is 38.9. The molecule has 0 aliphatic rings. The van der Waals surface area contributed by atoms with Crippen molar-refractivity contribution in [2.45, 2.75) is 51.6 Å². The zero-order valence-electron chi connectivity index (χ0n) is 24.6. The third-order valence-electron chi connectivity index (χ3n) is 7.95. The van der Waals surface area contributed by atoms with E-state index < -0.39 is 36.6 Å². The van der Waals surface area contributed by atoms with Gasteiger partial charge in [-0.05, 0) is 77.6 Å². The SMILES string of the molecule is Cc1ccc(/C=C\CC(c2ccc(Cl)cc2)C(C)N(Cc2ccc3ccccc3c2)C(=O)CC(CC(=O)O)C(=O)O)cc1Cl. The predicted molar refractivity (Wildman–Crippen MR) is 176 cm³/mol. The van der Waals surface area contributed by atoms with Crippen LogP contribution in [0.4, 0.5) is 0 Å². The third-order valence-corrected chi connectivity index (χ3v) is 8.61. The Hall–Kier alpha value is -4.13. The molecule has 6 nitrogen and oxygen atoms in total. The van der Waals surface area contributed by atoms with Crippen molar-refractivity contribution < 1.29 is 24.6 Å². The Labute approximate surface area is 267 Å². The molecule has 0 saturated heterocycles. The Morgan fingerprint density at radius 1 is 0.864 bits per heavy atom. The smallest absolute Gasteiger partial charge is 0.307 e. The first-order valence-corrected chi connectivity index (χ1v) is 15.2. The molecular formula is C36H35Cl2NO5. The molecule has 0 spiro atoms. The zero-order chi connectivity index (χ0) is 31.8. The zero-order valence-corrected chi connectivity index (χ0v) is 26.1. The van der Waals surface area contributed by atoms with Gasteiger partial charge in [-0.2, -0.15) is 0 Å². The van der Waals surface area contributed by atoms with E-state index >= 15 is 0 Å². The number of carbonyl (C=O) groups is 3. The second-order valence-electron chi connectivity index (χ2n) is 11.1. The van der Waals surface area contributed by atoms with Crippen LogP contribution >= 0.6 is 23.2 Å². The van der Waals surface area contributed by atoms with Crippen molar-refractivity contribution in [1.29, 1.82) is 0 Å². The van der Waals surface area contributed by atoms with Gasteiger partial charge < -0.3 is 15.1 Å². The van der Waals surface area contributed by atoms with Crippen molar-refractivity contribution in [3.05, 3.63) is 123 Å². The van der Waals surface area contributed by atoms with Crippen LogP contribution in [0.3, 0.4) is 0 Å². The van der Waals surface area contributed by atoms with E-state index in [2.05, 4.69) is 0 Å². The minimum atomic E-state index is -1.34. The number of carbonyl (C=O) groups excluding carboxylic acids is 1. The number of carboxylic acids is 2. The van der Waals surface area contributed by atoms with Gasteiger partial charge in [-0.25, -0.2) is 0 Å². The van der Waals surface area contributed by atoms with Crippen molar-refractivity contribution in [1.82, 2.24) is 4.90 Å². The van der Waals surface area contributed by atoms with Gasteiger partial charge in [0.15, 0.2) is 0 Å². The quantitative estimate of drug-likeness (QED) is 0.154. The van der Waals surface area contributed by atoms with E-state index in [0.717, 1.165) is 33.0 Å². The van der Waals surface area contributed by atoms with Crippen LogP contribution in [0.5, 0.6) is 0 Å². The Kier molecular flexibility index (Phi) is 11.2. The van der Waals surface area contributed by atoms with Crippen molar-refractivity contribution >= 4 is 57.9 Å². The molecule has 8 heteroatoms. The van der Waals surface area contributed by atoms with Crippen LogP contribution in [-0.4, -0.2) is 39.0 Å². The second kappa shape index (κ2) is 15.0. The Bertz CT molecular complexity index is 1670. The number of carboxylic acid groups (broad SMARTS) is 2. The Morgan fingerprint density at radius 3 is 2.23 bits per heavy atom. The van der Waals surface area contributed by atoms with Gasteiger partial charge in [0.1, 0.15) is 0 Å². The maximum atomic E-state index is 13.9. The van der Waals surface area contributed by atoms with Gasteiger partial charge in [0.25, 0.3) is 0 Å². The number of rotatable bonds is 13. The highest BCUT2D eigenvalue weighted by Crippen LogP contribution is 2.32. The van der Waals surface area contributed by atoms with Gasteiger partial charge in [-0.3, -0.25) is 14.4 Å². The number of fused-ring (bicyclic) bond motifs is 1. The third kappa shape index (κ3) is 8.71. The molecule has 0 bridgehead atoms. The highest BCUT2D eigenvalue weighted by atomic mass is 35.5. The fourth-order valence-electron chi connectivity index (χ4n) is 5.38. The summed E-state index contributed by atoms with van der Waals surface area (Å²) in [6.07, 6.45) is 3.53. The van der Waals surface area contributed by atoms with E-state index in [0.29, 0.717) is 16.5 Å². The lowest BCUT2D eigenvalue weighted by Gasteiger charge is -2.36. The van der Waals surface area contributed by atoms with Gasteiger partial charge in [-0.15, -0.1) is 0 Å². The summed E-state index contributed by atoms with van der Waals surface area (Å²) < 4.78 is 0. The van der Waals surface area contributed by atoms with Crippen LogP contribution < -0.4 is 0 Å². The fraction of sp³-hybridized carbons (Fsp3) is 0.250. The lowest BCUT2D eigenvalue weighted by atomic mass is 9.87. The lowest BCUT2D eigenvalue weighted by molar-refractivity contribution is -0.151. The number of benzene rings is 4. The summed E-state index contributed by atoms with van der Waals surface area (Å²) in [5, 5.41) is 22.4. The summed E-state index contributed by atoms with van der Waals surface area (Å²) in [5.74, 6) is -4.52. The summed E-state index contributed by atoms with van der Waals surface area (Å²) in [7, 11) is 0. The monoisotopic (exact) mass is 631 g/mol. The lowest BCUT2D eigenvalue weighted by Crippen LogP contribution is -2.43. The Balaban J connectivity index is 1.70. The van der Waals surface area contributed by atoms with Crippen molar-refractivity contribution in [2.75, 3.05) is 0 Å². The van der Waals surface area contributed by atoms with Crippen LogP contribution in [0.25, 0.3) is 16.8 Å². The first-order chi connectivity index (χ1) is 21.0. The molecule has 0 aliphatic heterocycles. The van der Waals surface area contributed by atoms with Gasteiger partial charge in [0, 0.05) is 35.0 Å². The maximum absolute atomic E-state index is 13.9. The molecule has 0 aromatic heterocycles. The molecule has 4 rings (SSSR count). The minimum Gasteiger partial charge on any atom is -0.481 e. The number of amides is 1. The molecule has 44 heavy (non-hydrogen) atoms. The molecule has 3 atom stereocenters. The van der Waals surface area contributed by atoms with E-state index in [-0.39, 0.29) is 18.5 Å². The molecule has 1 amide bonds. The van der Waals surface area contributed by atoms with Crippen molar-refractivity contribution in [2.24, 2.45) is 5.92 Å². The van der Waals surface area contributed by atoms with Crippen LogP contribution in [0.15, 0.2) is 91.0 Å². The predicted octanol–water partition coefficient (Wildman–Crippen LogP) is 8.63. The van der Waals surface area contributed by atoms with Gasteiger partial charge in [0.05, 0.1) is 12.3 Å². The highest BCUT2D eigenvalue weighted by molar-refractivity contribution is 6.31. The molecule has 0 radical (unpaired) electrons. The van der Waals surface area contributed by atoms with E-state index in [1.165, 1.54) is 0 Å². The first kappa shape index (κ1) is 32.8. The van der Waals surface area contributed by atoms with Crippen molar-refractivity contribution in [3.8, 4) is 0 Å². The molecule has 0 heterocycles. The molecule has 4 aromatic rings. The summed E-state index contributed by atoms with van der Waals surface area (Å²) in [6.45, 7) is 4.12. The van der Waals surface area contributed by atoms with E-state index in [4.69, 9.17) is 23.2 Å². The summed E-state index contributed by atoms with van der Waals surface area (Å²) in [5.41, 5.74) is 3.78. The van der Waals surface area contributed by atoms with E-state index in [1.807, 2.05) is 111 Å². The van der Waals surface area contributed by atoms with Crippen LogP contribution in [0, 0.1) is 12.8 Å². The molecule has 0 saturated carbocycles. The number of allylic oxidation sites excluding steroid dienone is 1. The molecule has 4 aromatic carbocycles. The average molecular weight is 633 g/mol. The number of aliphatic carboxylic acids is 2. The molecule has 2 N–H and O–H groups in total. The van der Waals surface area contributed by atoms with Gasteiger partial charge >= 0.3 is 11.9 Å². The average Bonchev–Trinajstić information content (AvgIpc) is 2.99. The molecular weight excluding hydrogens is 597 g/mol. The molecule has 228 valence electrons. The van der Waals surface area contributed by atoms with Gasteiger partial charge in [-0.1, -0.05) is 96.0 Å². The van der Waals surface area contributed by atoms with E-state index in [9.17, 15) is 24.6 Å². The number of hydrogen-bond donors (Lipinski definition) is 2. The molecule has 0 aliphatic carbocycles. The Morgan fingerprint density at radius 2 is 1.57 bits per heavy atom. The minimum absolute atomic E-state index is 0.184. The van der Waals surface area contributed by atoms with Crippen LogP contribution in [0.1, 0.15) is 54.4 Å². The first-order valence-electron chi connectivity index (χ1n) is 14.4. The largest absolute Gasteiger partial charge is 0.481 e. The van der Waals surface area contributed by atoms with Gasteiger partial charge in [0.2, 0.25) is 5.91 Å². The number of hydrogen-bond acceptors (Lipinski definition) is 3. The standard InChI is InChI=1S/C36H35Cl2NO5/c1-23-10-11-25(19-33(23)38)6-5-9-32(28-14-16-31(37)17-15-28)24(2)39(34(40)20-30(36(43)44)21-35(41)42)22-26-12-13-27-7-3-4-8-29(27)18-26/h3-8,10-19,24,30,32H,9,20-22H2,1-2H3,(H,41,42)(H,43,44)/b6-5-. The van der Waals surface area contributed by atoms with Crippen molar-refractivity contribution in [3.63, 3.8) is 0 Å². The second-order valence-corrected chi connectivity index (χ2v) is 11.9.